The molecule has 0 spiro atoms. The van der Waals surface area contributed by atoms with Gasteiger partial charge in [0.05, 0.1) is 6.42 Å². The second-order valence-corrected chi connectivity index (χ2v) is 5.26. The predicted octanol–water partition coefficient (Wildman–Crippen LogP) is 0.282. The van der Waals surface area contributed by atoms with E-state index in [1.165, 1.54) is 13.8 Å². The van der Waals surface area contributed by atoms with E-state index in [4.69, 9.17) is 0 Å². The van der Waals surface area contributed by atoms with Crippen molar-refractivity contribution in [2.24, 2.45) is 0 Å². The van der Waals surface area contributed by atoms with E-state index >= 15 is 0 Å². The van der Waals surface area contributed by atoms with E-state index in [1.54, 1.807) is 24.3 Å². The average molecular weight is 320 g/mol. The van der Waals surface area contributed by atoms with E-state index in [9.17, 15) is 24.3 Å². The van der Waals surface area contributed by atoms with E-state index < -0.39 is 29.9 Å². The van der Waals surface area contributed by atoms with Gasteiger partial charge in [0.1, 0.15) is 17.9 Å². The molecular weight excluding hydrogens is 300 g/mol. The highest BCUT2D eigenvalue weighted by Gasteiger charge is 2.24. The number of carboxylic acids is 1. The lowest BCUT2D eigenvalue weighted by Gasteiger charge is -2.18. The molecule has 0 saturated carbocycles. The summed E-state index contributed by atoms with van der Waals surface area (Å²) in [6, 6.07) is 6.86. The fraction of sp³-hybridized carbons (Fsp3) is 0.375. The minimum absolute atomic E-state index is 0.135. The highest BCUT2D eigenvalue weighted by molar-refractivity contribution is 5.98. The Kier molecular flexibility index (Phi) is 6.92. The molecule has 0 aliphatic rings. The van der Waals surface area contributed by atoms with Gasteiger partial charge in [0.2, 0.25) is 11.8 Å². The fourth-order valence-electron chi connectivity index (χ4n) is 1.93. The summed E-state index contributed by atoms with van der Waals surface area (Å²) >= 11 is 0. The monoisotopic (exact) mass is 320 g/mol. The van der Waals surface area contributed by atoms with Crippen molar-refractivity contribution < 1.29 is 24.3 Å². The van der Waals surface area contributed by atoms with Gasteiger partial charge >= 0.3 is 5.97 Å². The van der Waals surface area contributed by atoms with Crippen LogP contribution in [0.1, 0.15) is 25.8 Å². The second kappa shape index (κ2) is 8.67. The molecule has 2 amide bonds. The smallest absolute Gasteiger partial charge is 0.326 e. The SMILES string of the molecule is CC(=O)CC(=O)N[C@H](C)C(=O)N[C@@H](Cc1ccccc1)C(=O)O. The first kappa shape index (κ1) is 18.3. The van der Waals surface area contributed by atoms with Gasteiger partial charge in [-0.25, -0.2) is 4.79 Å². The second-order valence-electron chi connectivity index (χ2n) is 5.26. The van der Waals surface area contributed by atoms with Crippen molar-refractivity contribution in [1.29, 1.82) is 0 Å². The van der Waals surface area contributed by atoms with Crippen LogP contribution >= 0.6 is 0 Å². The summed E-state index contributed by atoms with van der Waals surface area (Å²) in [5.74, 6) is -2.67. The average Bonchev–Trinajstić information content (AvgIpc) is 2.46. The first-order valence-electron chi connectivity index (χ1n) is 7.15. The third-order valence-corrected chi connectivity index (χ3v) is 3.08. The number of aliphatic carboxylic acids is 1. The maximum Gasteiger partial charge on any atom is 0.326 e. The number of carboxylic acid groups (broad SMARTS) is 1. The fourth-order valence-corrected chi connectivity index (χ4v) is 1.93. The van der Waals surface area contributed by atoms with Crippen LogP contribution in [0.4, 0.5) is 0 Å². The van der Waals surface area contributed by atoms with Gasteiger partial charge in [-0.1, -0.05) is 30.3 Å². The standard InChI is InChI=1S/C16H20N2O5/c1-10(19)8-14(20)17-11(2)15(21)18-13(16(22)23)9-12-6-4-3-5-7-12/h3-7,11,13H,8-9H2,1-2H3,(H,17,20)(H,18,21)(H,22,23)/t11-,13+/m1/s1. The molecule has 7 heteroatoms. The van der Waals surface area contributed by atoms with Crippen molar-refractivity contribution in [3.05, 3.63) is 35.9 Å². The zero-order valence-corrected chi connectivity index (χ0v) is 13.0. The summed E-state index contributed by atoms with van der Waals surface area (Å²) < 4.78 is 0. The molecule has 0 heterocycles. The Morgan fingerprint density at radius 2 is 1.70 bits per heavy atom. The summed E-state index contributed by atoms with van der Waals surface area (Å²) in [6.45, 7) is 2.69. The Labute approximate surface area is 134 Å². The van der Waals surface area contributed by atoms with Crippen molar-refractivity contribution in [3.8, 4) is 0 Å². The molecule has 124 valence electrons. The molecule has 7 nitrogen and oxygen atoms in total. The van der Waals surface area contributed by atoms with Gasteiger partial charge in [0, 0.05) is 6.42 Å². The molecule has 1 aromatic carbocycles. The lowest BCUT2D eigenvalue weighted by Crippen LogP contribution is -2.51. The summed E-state index contributed by atoms with van der Waals surface area (Å²) in [5.41, 5.74) is 0.772. The first-order valence-corrected chi connectivity index (χ1v) is 7.15. The van der Waals surface area contributed by atoms with Crippen LogP contribution in [0.15, 0.2) is 30.3 Å². The van der Waals surface area contributed by atoms with Crippen molar-refractivity contribution in [1.82, 2.24) is 10.6 Å². The zero-order chi connectivity index (χ0) is 17.4. The van der Waals surface area contributed by atoms with Crippen molar-refractivity contribution in [2.45, 2.75) is 38.8 Å². The van der Waals surface area contributed by atoms with Crippen LogP contribution in [0.25, 0.3) is 0 Å². The lowest BCUT2D eigenvalue weighted by atomic mass is 10.1. The van der Waals surface area contributed by atoms with E-state index in [2.05, 4.69) is 10.6 Å². The van der Waals surface area contributed by atoms with Crippen LogP contribution < -0.4 is 10.6 Å². The molecule has 0 unspecified atom stereocenters. The molecule has 0 bridgehead atoms. The Balaban J connectivity index is 2.61. The van der Waals surface area contributed by atoms with Crippen LogP contribution in [0.3, 0.4) is 0 Å². The van der Waals surface area contributed by atoms with Gasteiger partial charge in [-0.05, 0) is 19.4 Å². The number of Topliss-reactive ketones (excluding diaryl/α,β-unsaturated/α-hetero) is 1. The Hall–Kier alpha value is -2.70. The Bertz CT molecular complexity index is 585. The molecule has 1 aromatic rings. The Morgan fingerprint density at radius 3 is 2.22 bits per heavy atom. The van der Waals surface area contributed by atoms with Gasteiger partial charge in [0.15, 0.2) is 0 Å². The lowest BCUT2D eigenvalue weighted by molar-refractivity contribution is -0.142. The van der Waals surface area contributed by atoms with E-state index in [-0.39, 0.29) is 18.6 Å². The topological polar surface area (TPSA) is 113 Å². The van der Waals surface area contributed by atoms with Crippen LogP contribution in [0.2, 0.25) is 0 Å². The maximum atomic E-state index is 12.0. The molecular formula is C16H20N2O5. The Morgan fingerprint density at radius 1 is 1.09 bits per heavy atom. The molecule has 0 aliphatic heterocycles. The normalized spacial score (nSPS) is 12.8. The molecule has 0 saturated heterocycles. The van der Waals surface area contributed by atoms with E-state index in [0.717, 1.165) is 5.56 Å². The van der Waals surface area contributed by atoms with E-state index in [0.29, 0.717) is 0 Å². The highest BCUT2D eigenvalue weighted by atomic mass is 16.4. The third kappa shape index (κ3) is 6.73. The van der Waals surface area contributed by atoms with Crippen molar-refractivity contribution >= 4 is 23.6 Å². The minimum Gasteiger partial charge on any atom is -0.480 e. The quantitative estimate of drug-likeness (QED) is 0.596. The number of carbonyl (C=O) groups excluding carboxylic acids is 3. The number of ketones is 1. The molecule has 0 fully saturated rings. The van der Waals surface area contributed by atoms with Gasteiger partial charge in [0.25, 0.3) is 0 Å². The first-order chi connectivity index (χ1) is 10.8. The van der Waals surface area contributed by atoms with E-state index in [1.807, 2.05) is 6.07 Å². The van der Waals surface area contributed by atoms with Gasteiger partial charge < -0.3 is 15.7 Å². The van der Waals surface area contributed by atoms with Crippen molar-refractivity contribution in [3.63, 3.8) is 0 Å². The summed E-state index contributed by atoms with van der Waals surface area (Å²) in [4.78, 5) is 45.6. The molecule has 0 radical (unpaired) electrons. The van der Waals surface area contributed by atoms with Crippen LogP contribution in [0.5, 0.6) is 0 Å². The molecule has 0 aliphatic carbocycles. The number of rotatable bonds is 8. The molecule has 23 heavy (non-hydrogen) atoms. The molecule has 2 atom stereocenters. The number of hydrogen-bond donors (Lipinski definition) is 3. The van der Waals surface area contributed by atoms with Gasteiger partial charge in [-0.15, -0.1) is 0 Å². The number of amides is 2. The van der Waals surface area contributed by atoms with Gasteiger partial charge in [-0.3, -0.25) is 14.4 Å². The summed E-state index contributed by atoms with van der Waals surface area (Å²) in [5, 5.41) is 14.0. The number of hydrogen-bond acceptors (Lipinski definition) is 4. The number of benzene rings is 1. The zero-order valence-electron chi connectivity index (χ0n) is 13.0. The number of nitrogens with one attached hydrogen (secondary N) is 2. The molecule has 3 N–H and O–H groups in total. The molecule has 0 aromatic heterocycles. The maximum absolute atomic E-state index is 12.0. The van der Waals surface area contributed by atoms with Crippen LogP contribution in [0, 0.1) is 0 Å². The highest BCUT2D eigenvalue weighted by Crippen LogP contribution is 2.04. The number of carbonyl (C=O) groups is 4. The van der Waals surface area contributed by atoms with Crippen LogP contribution in [-0.2, 0) is 25.6 Å². The summed E-state index contributed by atoms with van der Waals surface area (Å²) in [7, 11) is 0. The van der Waals surface area contributed by atoms with Crippen molar-refractivity contribution in [2.75, 3.05) is 0 Å². The molecule has 1 rings (SSSR count). The predicted molar refractivity (Wildman–Crippen MR) is 82.6 cm³/mol. The minimum atomic E-state index is -1.16. The largest absolute Gasteiger partial charge is 0.480 e. The van der Waals surface area contributed by atoms with Crippen LogP contribution in [-0.4, -0.2) is 40.8 Å². The summed E-state index contributed by atoms with van der Waals surface area (Å²) in [6.07, 6.45) is -0.181. The third-order valence-electron chi connectivity index (χ3n) is 3.08. The van der Waals surface area contributed by atoms with Gasteiger partial charge in [-0.2, -0.15) is 0 Å².